The molecule has 0 spiro atoms. The van der Waals surface area contributed by atoms with Crippen molar-refractivity contribution in [2.24, 2.45) is 5.92 Å². The van der Waals surface area contributed by atoms with Gasteiger partial charge in [0.2, 0.25) is 0 Å². The number of hydrogen-bond acceptors (Lipinski definition) is 3. The molecule has 0 aromatic carbocycles. The number of hydrogen-bond donors (Lipinski definition) is 1. The molecule has 3 atom stereocenters. The van der Waals surface area contributed by atoms with E-state index in [1.165, 1.54) is 58.0 Å². The van der Waals surface area contributed by atoms with Gasteiger partial charge in [-0.15, -0.1) is 0 Å². The molecule has 1 aliphatic heterocycles. The third-order valence-electron chi connectivity index (χ3n) is 5.42. The van der Waals surface area contributed by atoms with E-state index in [-0.39, 0.29) is 5.54 Å². The van der Waals surface area contributed by atoms with Crippen LogP contribution in [0.5, 0.6) is 0 Å². The van der Waals surface area contributed by atoms with Crippen molar-refractivity contribution in [1.82, 2.24) is 10.2 Å². The lowest BCUT2D eigenvalue weighted by atomic mass is 9.86. The highest BCUT2D eigenvalue weighted by molar-refractivity contribution is 5.13. The summed E-state index contributed by atoms with van der Waals surface area (Å²) >= 11 is 0. The van der Waals surface area contributed by atoms with Gasteiger partial charge in [-0.1, -0.05) is 19.3 Å². The fourth-order valence-electron chi connectivity index (χ4n) is 3.99. The zero-order chi connectivity index (χ0) is 13.7. The van der Waals surface area contributed by atoms with E-state index in [2.05, 4.69) is 23.2 Å². The molecular weight excluding hydrogens is 234 g/mol. The lowest BCUT2D eigenvalue weighted by Gasteiger charge is -2.32. The maximum absolute atomic E-state index is 9.49. The van der Waals surface area contributed by atoms with Gasteiger partial charge in [0.05, 0.1) is 6.07 Å². The van der Waals surface area contributed by atoms with Gasteiger partial charge in [0, 0.05) is 6.04 Å². The normalized spacial score (nSPS) is 36.9. The van der Waals surface area contributed by atoms with E-state index < -0.39 is 0 Å². The van der Waals surface area contributed by atoms with Gasteiger partial charge in [0.25, 0.3) is 0 Å². The second kappa shape index (κ2) is 6.72. The molecule has 2 aliphatic rings. The third-order valence-corrected chi connectivity index (χ3v) is 5.42. The van der Waals surface area contributed by atoms with Crippen molar-refractivity contribution in [2.75, 3.05) is 20.1 Å². The minimum atomic E-state index is -0.241. The van der Waals surface area contributed by atoms with Crippen LogP contribution in [0.3, 0.4) is 0 Å². The first-order valence-corrected chi connectivity index (χ1v) is 8.06. The summed E-state index contributed by atoms with van der Waals surface area (Å²) in [6, 6.07) is 3.29. The summed E-state index contributed by atoms with van der Waals surface area (Å²) in [6.45, 7) is 4.81. The van der Waals surface area contributed by atoms with Crippen molar-refractivity contribution in [3.8, 4) is 6.07 Å². The van der Waals surface area contributed by atoms with E-state index in [4.69, 9.17) is 0 Å². The number of nitrogens with one attached hydrogen (secondary N) is 1. The van der Waals surface area contributed by atoms with Gasteiger partial charge in [-0.3, -0.25) is 0 Å². The summed E-state index contributed by atoms with van der Waals surface area (Å²) in [5.41, 5.74) is -0.241. The first-order valence-electron chi connectivity index (χ1n) is 8.06. The summed E-state index contributed by atoms with van der Waals surface area (Å²) in [4.78, 5) is 2.66. The molecule has 3 heteroatoms. The van der Waals surface area contributed by atoms with Crippen molar-refractivity contribution in [2.45, 2.75) is 69.9 Å². The highest BCUT2D eigenvalue weighted by Gasteiger charge is 2.41. The molecule has 2 rings (SSSR count). The molecular formula is C16H29N3. The van der Waals surface area contributed by atoms with Crippen molar-refractivity contribution in [3.63, 3.8) is 0 Å². The minimum absolute atomic E-state index is 0.241. The Labute approximate surface area is 118 Å². The van der Waals surface area contributed by atoms with Crippen molar-refractivity contribution < 1.29 is 0 Å². The SMILES string of the molecule is CNC1(C#N)CCCC1CCN1CCCCCC1C. The minimum Gasteiger partial charge on any atom is -0.302 e. The highest BCUT2D eigenvalue weighted by Crippen LogP contribution is 2.37. The Morgan fingerprint density at radius 3 is 2.84 bits per heavy atom. The summed E-state index contributed by atoms with van der Waals surface area (Å²) < 4.78 is 0. The van der Waals surface area contributed by atoms with Crippen LogP contribution in [0.2, 0.25) is 0 Å². The van der Waals surface area contributed by atoms with Crippen LogP contribution in [0.15, 0.2) is 0 Å². The number of rotatable bonds is 4. The molecule has 19 heavy (non-hydrogen) atoms. The van der Waals surface area contributed by atoms with E-state index in [1.807, 2.05) is 7.05 Å². The highest BCUT2D eigenvalue weighted by atomic mass is 15.1. The summed E-state index contributed by atoms with van der Waals surface area (Å²) in [5, 5.41) is 12.8. The molecule has 1 saturated carbocycles. The predicted octanol–water partition coefficient (Wildman–Crippen LogP) is 2.92. The second-order valence-corrected chi connectivity index (χ2v) is 6.45. The Kier molecular flexibility index (Phi) is 5.24. The van der Waals surface area contributed by atoms with Gasteiger partial charge in [-0.05, 0) is 65.1 Å². The Morgan fingerprint density at radius 2 is 2.11 bits per heavy atom. The Bertz CT molecular complexity index is 322. The van der Waals surface area contributed by atoms with Gasteiger partial charge in [0.1, 0.15) is 5.54 Å². The number of nitriles is 1. The summed E-state index contributed by atoms with van der Waals surface area (Å²) in [5.74, 6) is 0.540. The van der Waals surface area contributed by atoms with Crippen LogP contribution < -0.4 is 5.32 Å². The predicted molar refractivity (Wildman–Crippen MR) is 78.9 cm³/mol. The van der Waals surface area contributed by atoms with Crippen LogP contribution in [-0.4, -0.2) is 36.6 Å². The molecule has 1 heterocycles. The van der Waals surface area contributed by atoms with Gasteiger partial charge < -0.3 is 10.2 Å². The molecule has 0 aromatic rings. The monoisotopic (exact) mass is 263 g/mol. The fourth-order valence-corrected chi connectivity index (χ4v) is 3.99. The quantitative estimate of drug-likeness (QED) is 0.847. The average Bonchev–Trinajstić information content (AvgIpc) is 2.73. The van der Waals surface area contributed by atoms with E-state index in [9.17, 15) is 5.26 Å². The fraction of sp³-hybridized carbons (Fsp3) is 0.938. The smallest absolute Gasteiger partial charge is 0.109 e. The van der Waals surface area contributed by atoms with Gasteiger partial charge in [0.15, 0.2) is 0 Å². The zero-order valence-corrected chi connectivity index (χ0v) is 12.6. The van der Waals surface area contributed by atoms with Crippen LogP contribution in [0.4, 0.5) is 0 Å². The Balaban J connectivity index is 1.89. The molecule has 1 N–H and O–H groups in total. The third kappa shape index (κ3) is 3.30. The van der Waals surface area contributed by atoms with Crippen molar-refractivity contribution in [1.29, 1.82) is 5.26 Å². The van der Waals surface area contributed by atoms with Crippen LogP contribution >= 0.6 is 0 Å². The number of likely N-dealkylation sites (tertiary alicyclic amines) is 1. The molecule has 0 amide bonds. The number of nitrogens with zero attached hydrogens (tertiary/aromatic N) is 2. The first kappa shape index (κ1) is 14.8. The molecule has 2 fully saturated rings. The first-order chi connectivity index (χ1) is 9.22. The molecule has 1 saturated heterocycles. The molecule has 0 radical (unpaired) electrons. The standard InChI is InChI=1S/C16H29N3/c1-14-7-4-3-5-11-19(14)12-9-15-8-6-10-16(15,13-17)18-2/h14-15,18H,3-12H2,1-2H3. The van der Waals surface area contributed by atoms with E-state index in [1.54, 1.807) is 0 Å². The van der Waals surface area contributed by atoms with E-state index >= 15 is 0 Å². The topological polar surface area (TPSA) is 39.1 Å². The molecule has 108 valence electrons. The maximum atomic E-state index is 9.49. The molecule has 0 bridgehead atoms. The van der Waals surface area contributed by atoms with Crippen molar-refractivity contribution >= 4 is 0 Å². The van der Waals surface area contributed by atoms with E-state index in [0.29, 0.717) is 5.92 Å². The molecule has 0 aromatic heterocycles. The van der Waals surface area contributed by atoms with Crippen LogP contribution in [0.1, 0.15) is 58.3 Å². The van der Waals surface area contributed by atoms with Crippen molar-refractivity contribution in [3.05, 3.63) is 0 Å². The average molecular weight is 263 g/mol. The van der Waals surface area contributed by atoms with Crippen LogP contribution in [0, 0.1) is 17.2 Å². The zero-order valence-electron chi connectivity index (χ0n) is 12.6. The summed E-state index contributed by atoms with van der Waals surface area (Å²) in [7, 11) is 1.95. The van der Waals surface area contributed by atoms with E-state index in [0.717, 1.165) is 12.5 Å². The second-order valence-electron chi connectivity index (χ2n) is 6.45. The lowest BCUT2D eigenvalue weighted by molar-refractivity contribution is 0.185. The maximum Gasteiger partial charge on any atom is 0.109 e. The molecule has 3 nitrogen and oxygen atoms in total. The van der Waals surface area contributed by atoms with Crippen LogP contribution in [-0.2, 0) is 0 Å². The van der Waals surface area contributed by atoms with Gasteiger partial charge >= 0.3 is 0 Å². The Hall–Kier alpha value is -0.590. The lowest BCUT2D eigenvalue weighted by Crippen LogP contribution is -2.46. The summed E-state index contributed by atoms with van der Waals surface area (Å²) in [6.07, 6.45) is 10.1. The van der Waals surface area contributed by atoms with Crippen LogP contribution in [0.25, 0.3) is 0 Å². The van der Waals surface area contributed by atoms with Gasteiger partial charge in [-0.2, -0.15) is 5.26 Å². The molecule has 1 aliphatic carbocycles. The molecule has 3 unspecified atom stereocenters. The Morgan fingerprint density at radius 1 is 1.26 bits per heavy atom. The van der Waals surface area contributed by atoms with Gasteiger partial charge in [-0.25, -0.2) is 0 Å². The largest absolute Gasteiger partial charge is 0.302 e.